The third-order valence-corrected chi connectivity index (χ3v) is 4.42. The molecule has 4 nitrogen and oxygen atoms in total. The second-order valence-electron chi connectivity index (χ2n) is 6.03. The number of benzene rings is 1. The van der Waals surface area contributed by atoms with Crippen molar-refractivity contribution in [1.82, 2.24) is 20.1 Å². The maximum absolute atomic E-state index is 4.63. The van der Waals surface area contributed by atoms with Gasteiger partial charge in [-0.25, -0.2) is 4.98 Å². The standard InChI is InChI=1S/C17H24N4/c1-21-12-6-5-9-15(21)10-11-16-18-17(20-19-16)13-14-7-3-2-4-8-14/h2-4,7-8,15H,5-6,9-13H2,1H3,(H,18,19,20)/t15-/m1/s1. The second kappa shape index (κ2) is 6.85. The summed E-state index contributed by atoms with van der Waals surface area (Å²) in [6, 6.07) is 11.1. The molecule has 1 N–H and O–H groups in total. The van der Waals surface area contributed by atoms with E-state index in [-0.39, 0.29) is 0 Å². The van der Waals surface area contributed by atoms with E-state index in [1.807, 2.05) is 6.07 Å². The smallest absolute Gasteiger partial charge is 0.150 e. The van der Waals surface area contributed by atoms with Gasteiger partial charge in [0.05, 0.1) is 0 Å². The fourth-order valence-corrected chi connectivity index (χ4v) is 3.12. The molecule has 1 saturated heterocycles. The molecule has 1 aromatic heterocycles. The highest BCUT2D eigenvalue weighted by molar-refractivity contribution is 5.18. The van der Waals surface area contributed by atoms with Crippen molar-refractivity contribution >= 4 is 0 Å². The van der Waals surface area contributed by atoms with E-state index in [1.54, 1.807) is 0 Å². The van der Waals surface area contributed by atoms with Crippen LogP contribution >= 0.6 is 0 Å². The highest BCUT2D eigenvalue weighted by atomic mass is 15.2. The first kappa shape index (κ1) is 14.3. The molecule has 1 aliphatic rings. The van der Waals surface area contributed by atoms with E-state index >= 15 is 0 Å². The minimum Gasteiger partial charge on any atom is -0.303 e. The van der Waals surface area contributed by atoms with Crippen LogP contribution in [-0.4, -0.2) is 39.7 Å². The number of aryl methyl sites for hydroxylation is 1. The topological polar surface area (TPSA) is 44.8 Å². The molecule has 0 aliphatic carbocycles. The summed E-state index contributed by atoms with van der Waals surface area (Å²) in [5, 5.41) is 7.45. The van der Waals surface area contributed by atoms with Crippen molar-refractivity contribution in [1.29, 1.82) is 0 Å². The van der Waals surface area contributed by atoms with Gasteiger partial charge in [0, 0.05) is 18.9 Å². The summed E-state index contributed by atoms with van der Waals surface area (Å²) < 4.78 is 0. The number of rotatable bonds is 5. The Hall–Kier alpha value is -1.68. The molecule has 21 heavy (non-hydrogen) atoms. The number of piperidine rings is 1. The number of aromatic nitrogens is 3. The van der Waals surface area contributed by atoms with Crippen LogP contribution in [0.25, 0.3) is 0 Å². The number of nitrogens with one attached hydrogen (secondary N) is 1. The molecular weight excluding hydrogens is 260 g/mol. The van der Waals surface area contributed by atoms with Crippen LogP contribution in [-0.2, 0) is 12.8 Å². The third kappa shape index (κ3) is 3.91. The second-order valence-corrected chi connectivity index (χ2v) is 6.03. The lowest BCUT2D eigenvalue weighted by molar-refractivity contribution is 0.176. The molecule has 0 bridgehead atoms. The minimum atomic E-state index is 0.704. The first-order valence-electron chi connectivity index (χ1n) is 7.95. The van der Waals surface area contributed by atoms with Gasteiger partial charge in [-0.1, -0.05) is 36.8 Å². The molecule has 0 saturated carbocycles. The lowest BCUT2D eigenvalue weighted by Crippen LogP contribution is -2.36. The van der Waals surface area contributed by atoms with Crippen molar-refractivity contribution in [2.24, 2.45) is 0 Å². The number of likely N-dealkylation sites (tertiary alicyclic amines) is 1. The van der Waals surface area contributed by atoms with Gasteiger partial charge in [0.1, 0.15) is 5.82 Å². The van der Waals surface area contributed by atoms with E-state index in [0.717, 1.165) is 24.5 Å². The first-order valence-corrected chi connectivity index (χ1v) is 7.95. The van der Waals surface area contributed by atoms with Gasteiger partial charge in [-0.3, -0.25) is 5.10 Å². The number of nitrogens with zero attached hydrogens (tertiary/aromatic N) is 3. The zero-order valence-corrected chi connectivity index (χ0v) is 12.8. The molecule has 4 heteroatoms. The number of hydrogen-bond acceptors (Lipinski definition) is 3. The largest absolute Gasteiger partial charge is 0.303 e. The van der Waals surface area contributed by atoms with Crippen molar-refractivity contribution in [3.05, 3.63) is 47.5 Å². The number of H-pyrrole nitrogens is 1. The molecule has 1 aromatic carbocycles. The van der Waals surface area contributed by atoms with Crippen molar-refractivity contribution in [2.45, 2.75) is 44.6 Å². The van der Waals surface area contributed by atoms with Gasteiger partial charge in [0.15, 0.2) is 5.82 Å². The average molecular weight is 284 g/mol. The normalized spacial score (nSPS) is 19.8. The van der Waals surface area contributed by atoms with E-state index in [0.29, 0.717) is 6.04 Å². The number of hydrogen-bond donors (Lipinski definition) is 1. The molecule has 1 aliphatic heterocycles. The molecule has 112 valence electrons. The molecule has 0 spiro atoms. The zero-order chi connectivity index (χ0) is 14.5. The summed E-state index contributed by atoms with van der Waals surface area (Å²) in [7, 11) is 2.24. The molecular formula is C17H24N4. The van der Waals surface area contributed by atoms with Crippen LogP contribution in [0.1, 0.15) is 42.9 Å². The van der Waals surface area contributed by atoms with Gasteiger partial charge >= 0.3 is 0 Å². The Bertz CT molecular complexity index is 549. The van der Waals surface area contributed by atoms with E-state index in [4.69, 9.17) is 0 Å². The molecule has 0 unspecified atom stereocenters. The predicted molar refractivity (Wildman–Crippen MR) is 84.2 cm³/mol. The predicted octanol–water partition coefficient (Wildman–Crippen LogP) is 2.81. The summed E-state index contributed by atoms with van der Waals surface area (Å²) >= 11 is 0. The molecule has 2 aromatic rings. The Kier molecular flexibility index (Phi) is 4.65. The highest BCUT2D eigenvalue weighted by Gasteiger charge is 2.19. The Morgan fingerprint density at radius 1 is 1.24 bits per heavy atom. The van der Waals surface area contributed by atoms with E-state index in [1.165, 1.54) is 37.8 Å². The maximum Gasteiger partial charge on any atom is 0.150 e. The molecule has 1 fully saturated rings. The molecule has 3 rings (SSSR count). The van der Waals surface area contributed by atoms with Gasteiger partial charge in [-0.2, -0.15) is 5.10 Å². The van der Waals surface area contributed by atoms with Crippen molar-refractivity contribution in [3.63, 3.8) is 0 Å². The van der Waals surface area contributed by atoms with Crippen LogP contribution in [0.4, 0.5) is 0 Å². The highest BCUT2D eigenvalue weighted by Crippen LogP contribution is 2.19. The van der Waals surface area contributed by atoms with Gasteiger partial charge < -0.3 is 4.90 Å². The maximum atomic E-state index is 4.63. The van der Waals surface area contributed by atoms with Crippen LogP contribution in [0.3, 0.4) is 0 Å². The van der Waals surface area contributed by atoms with Gasteiger partial charge in [-0.05, 0) is 38.4 Å². The SMILES string of the molecule is CN1CCCC[C@@H]1CCc1n[nH]c(Cc2ccccc2)n1. The quantitative estimate of drug-likeness (QED) is 0.918. The molecule has 0 amide bonds. The Balaban J connectivity index is 1.53. The monoisotopic (exact) mass is 284 g/mol. The Morgan fingerprint density at radius 3 is 2.90 bits per heavy atom. The summed E-state index contributed by atoms with van der Waals surface area (Å²) in [5.74, 6) is 1.92. The summed E-state index contributed by atoms with van der Waals surface area (Å²) in [4.78, 5) is 7.12. The lowest BCUT2D eigenvalue weighted by Gasteiger charge is -2.32. The fraction of sp³-hybridized carbons (Fsp3) is 0.529. The molecule has 0 radical (unpaired) electrons. The molecule has 2 heterocycles. The summed E-state index contributed by atoms with van der Waals surface area (Å²) in [5.41, 5.74) is 1.27. The van der Waals surface area contributed by atoms with Crippen LogP contribution in [0.15, 0.2) is 30.3 Å². The minimum absolute atomic E-state index is 0.704. The van der Waals surface area contributed by atoms with Crippen LogP contribution in [0.2, 0.25) is 0 Å². The third-order valence-electron chi connectivity index (χ3n) is 4.42. The van der Waals surface area contributed by atoms with Gasteiger partial charge in [0.25, 0.3) is 0 Å². The molecule has 1 atom stereocenters. The van der Waals surface area contributed by atoms with Gasteiger partial charge in [-0.15, -0.1) is 0 Å². The van der Waals surface area contributed by atoms with E-state index < -0.39 is 0 Å². The lowest BCUT2D eigenvalue weighted by atomic mass is 9.98. The number of aromatic amines is 1. The Labute approximate surface area is 126 Å². The average Bonchev–Trinajstić information content (AvgIpc) is 2.95. The Morgan fingerprint density at radius 2 is 2.10 bits per heavy atom. The van der Waals surface area contributed by atoms with Crippen molar-refractivity contribution in [3.8, 4) is 0 Å². The van der Waals surface area contributed by atoms with E-state index in [9.17, 15) is 0 Å². The summed E-state index contributed by atoms with van der Waals surface area (Å²) in [6.07, 6.45) is 6.99. The van der Waals surface area contributed by atoms with Crippen LogP contribution in [0, 0.1) is 0 Å². The van der Waals surface area contributed by atoms with E-state index in [2.05, 4.69) is 51.4 Å². The zero-order valence-electron chi connectivity index (χ0n) is 12.8. The van der Waals surface area contributed by atoms with Crippen LogP contribution < -0.4 is 0 Å². The van der Waals surface area contributed by atoms with Gasteiger partial charge in [0.2, 0.25) is 0 Å². The first-order chi connectivity index (χ1) is 10.3. The van der Waals surface area contributed by atoms with Crippen LogP contribution in [0.5, 0.6) is 0 Å². The van der Waals surface area contributed by atoms with Crippen molar-refractivity contribution < 1.29 is 0 Å². The fourth-order valence-electron chi connectivity index (χ4n) is 3.12. The summed E-state index contributed by atoms with van der Waals surface area (Å²) in [6.45, 7) is 1.23. The van der Waals surface area contributed by atoms with Crippen molar-refractivity contribution in [2.75, 3.05) is 13.6 Å².